The zero-order valence-corrected chi connectivity index (χ0v) is 19.7. The van der Waals surface area contributed by atoms with Crippen molar-refractivity contribution in [3.63, 3.8) is 0 Å². The average molecular weight is 545 g/mol. The molecule has 15 atom stereocenters. The van der Waals surface area contributed by atoms with Crippen LogP contribution in [-0.4, -0.2) is 169 Å². The molecular formula is C20H35NO16. The molecule has 17 nitrogen and oxygen atoms in total. The minimum absolute atomic E-state index is 0.654. The van der Waals surface area contributed by atoms with Gasteiger partial charge in [0.15, 0.2) is 18.9 Å². The summed E-state index contributed by atoms with van der Waals surface area (Å²) >= 11 is 0. The number of ether oxygens (including phenoxy) is 5. The summed E-state index contributed by atoms with van der Waals surface area (Å²) in [4.78, 5) is 11.7. The minimum Gasteiger partial charge on any atom is -0.394 e. The molecule has 0 aliphatic carbocycles. The fourth-order valence-electron chi connectivity index (χ4n) is 4.45. The van der Waals surface area contributed by atoms with Crippen molar-refractivity contribution in [2.24, 2.45) is 0 Å². The fraction of sp³-hybridized carbons (Fsp3) is 0.950. The lowest BCUT2D eigenvalue weighted by atomic mass is 9.96. The Morgan fingerprint density at radius 2 is 1.35 bits per heavy atom. The molecule has 0 spiro atoms. The molecule has 1 amide bonds. The summed E-state index contributed by atoms with van der Waals surface area (Å²) in [5.74, 6) is -0.654. The van der Waals surface area contributed by atoms with E-state index in [1.165, 1.54) is 0 Å². The third-order valence-electron chi connectivity index (χ3n) is 6.47. The van der Waals surface area contributed by atoms with Crippen molar-refractivity contribution >= 4 is 5.91 Å². The van der Waals surface area contributed by atoms with Gasteiger partial charge in [-0.05, 0) is 0 Å². The second-order valence-electron chi connectivity index (χ2n) is 9.07. The maximum Gasteiger partial charge on any atom is 0.217 e. The molecule has 0 radical (unpaired) electrons. The van der Waals surface area contributed by atoms with Gasteiger partial charge in [0.05, 0.1) is 19.8 Å². The summed E-state index contributed by atoms with van der Waals surface area (Å²) < 4.78 is 27.2. The van der Waals surface area contributed by atoms with E-state index >= 15 is 0 Å². The molecule has 3 heterocycles. The van der Waals surface area contributed by atoms with Crippen molar-refractivity contribution in [1.29, 1.82) is 0 Å². The standard InChI is InChI=1S/C20H35NO16/c1-5(25)21-9-12(29)10(27)8(4-24)34-19(9)37-17-14(31)15(6(26)2-22)35-20(17)36-16-13(30)11(28)7(3-23)33-18(16)32/h6-20,22-24,26-32H,2-4H2,1H3,(H,21,25)/t6-,7-,8-,9-,10-,11+,12-,13+,14+,15+,16-,17-,18?,19-,20-/m1/s1. The molecule has 3 aliphatic heterocycles. The van der Waals surface area contributed by atoms with E-state index in [1.807, 2.05) is 0 Å². The highest BCUT2D eigenvalue weighted by molar-refractivity contribution is 5.73. The summed E-state index contributed by atoms with van der Waals surface area (Å²) in [6, 6.07) is -1.42. The number of aliphatic hydroxyl groups excluding tert-OH is 10. The molecule has 0 saturated carbocycles. The van der Waals surface area contributed by atoms with Crippen LogP contribution in [0.15, 0.2) is 0 Å². The van der Waals surface area contributed by atoms with Crippen LogP contribution in [-0.2, 0) is 28.5 Å². The van der Waals surface area contributed by atoms with Crippen LogP contribution in [0.3, 0.4) is 0 Å². The highest BCUT2D eigenvalue weighted by Crippen LogP contribution is 2.34. The van der Waals surface area contributed by atoms with Crippen LogP contribution in [0.25, 0.3) is 0 Å². The van der Waals surface area contributed by atoms with Gasteiger partial charge < -0.3 is 80.1 Å². The number of hydrogen-bond donors (Lipinski definition) is 11. The maximum absolute atomic E-state index is 11.7. The Balaban J connectivity index is 1.86. The zero-order chi connectivity index (χ0) is 27.6. The lowest BCUT2D eigenvalue weighted by molar-refractivity contribution is -0.342. The molecule has 3 saturated heterocycles. The van der Waals surface area contributed by atoms with Gasteiger partial charge in [0.25, 0.3) is 0 Å². The Labute approximate surface area is 210 Å². The number of carbonyl (C=O) groups is 1. The molecule has 0 aromatic rings. The van der Waals surface area contributed by atoms with Crippen LogP contribution in [0.5, 0.6) is 0 Å². The Morgan fingerprint density at radius 3 is 1.92 bits per heavy atom. The molecule has 3 rings (SSSR count). The van der Waals surface area contributed by atoms with E-state index in [0.29, 0.717) is 0 Å². The van der Waals surface area contributed by atoms with E-state index in [2.05, 4.69) is 5.32 Å². The van der Waals surface area contributed by atoms with Crippen LogP contribution >= 0.6 is 0 Å². The van der Waals surface area contributed by atoms with E-state index in [1.54, 1.807) is 0 Å². The molecule has 17 heteroatoms. The van der Waals surface area contributed by atoms with E-state index in [9.17, 15) is 55.9 Å². The third-order valence-corrected chi connectivity index (χ3v) is 6.47. The van der Waals surface area contributed by atoms with Gasteiger partial charge in [-0.15, -0.1) is 0 Å². The zero-order valence-electron chi connectivity index (χ0n) is 19.7. The topological polar surface area (TPSA) is 278 Å². The van der Waals surface area contributed by atoms with E-state index < -0.39 is 118 Å². The number of amides is 1. The second-order valence-corrected chi connectivity index (χ2v) is 9.07. The van der Waals surface area contributed by atoms with Crippen molar-refractivity contribution in [1.82, 2.24) is 5.32 Å². The highest BCUT2D eigenvalue weighted by Gasteiger charge is 2.55. The third kappa shape index (κ3) is 6.38. The number of hydrogen-bond acceptors (Lipinski definition) is 16. The van der Waals surface area contributed by atoms with Crippen LogP contribution in [0.2, 0.25) is 0 Å². The van der Waals surface area contributed by atoms with Crippen molar-refractivity contribution in [3.8, 4) is 0 Å². The van der Waals surface area contributed by atoms with Crippen molar-refractivity contribution < 1.29 is 79.5 Å². The first-order valence-corrected chi connectivity index (χ1v) is 11.6. The summed E-state index contributed by atoms with van der Waals surface area (Å²) in [5.41, 5.74) is 0. The average Bonchev–Trinajstić information content (AvgIpc) is 3.17. The van der Waals surface area contributed by atoms with Crippen LogP contribution < -0.4 is 5.32 Å². The molecule has 0 aromatic heterocycles. The molecular weight excluding hydrogens is 510 g/mol. The smallest absolute Gasteiger partial charge is 0.217 e. The van der Waals surface area contributed by atoms with Gasteiger partial charge in [-0.25, -0.2) is 0 Å². The minimum atomic E-state index is -1.90. The maximum atomic E-state index is 11.7. The lowest BCUT2D eigenvalue weighted by Crippen LogP contribution is -2.65. The first-order chi connectivity index (χ1) is 17.4. The molecule has 3 fully saturated rings. The molecule has 11 N–H and O–H groups in total. The molecule has 0 bridgehead atoms. The number of nitrogens with one attached hydrogen (secondary N) is 1. The summed E-state index contributed by atoms with van der Waals surface area (Å²) in [6.45, 7) is -1.25. The summed E-state index contributed by atoms with van der Waals surface area (Å²) in [7, 11) is 0. The predicted molar refractivity (Wildman–Crippen MR) is 113 cm³/mol. The highest BCUT2D eigenvalue weighted by atomic mass is 16.8. The Bertz CT molecular complexity index is 747. The van der Waals surface area contributed by atoms with Crippen LogP contribution in [0.4, 0.5) is 0 Å². The number of carbonyl (C=O) groups excluding carboxylic acids is 1. The van der Waals surface area contributed by atoms with Crippen molar-refractivity contribution in [2.75, 3.05) is 19.8 Å². The van der Waals surface area contributed by atoms with Gasteiger partial charge in [-0.1, -0.05) is 0 Å². The van der Waals surface area contributed by atoms with E-state index in [4.69, 9.17) is 23.7 Å². The number of rotatable bonds is 9. The monoisotopic (exact) mass is 545 g/mol. The molecule has 1 unspecified atom stereocenters. The SMILES string of the molecule is CC(=O)N[C@H]1[C@@H](O[C@H]2[C@@H](O[C@H]3C(O)O[C@H](CO)[C@H](O)[C@@H]3O)O[C@@H]([C@H](O)CO)[C@@H]2O)O[C@H](CO)[C@@H](O)[C@@H]1O. The predicted octanol–water partition coefficient (Wildman–Crippen LogP) is -7.43. The molecule has 3 aliphatic rings. The fourth-order valence-corrected chi connectivity index (χ4v) is 4.45. The van der Waals surface area contributed by atoms with Crippen LogP contribution in [0, 0.1) is 0 Å². The lowest BCUT2D eigenvalue weighted by Gasteiger charge is -2.44. The Kier molecular flexibility index (Phi) is 10.5. The summed E-state index contributed by atoms with van der Waals surface area (Å²) in [5, 5.41) is 103. The van der Waals surface area contributed by atoms with Crippen molar-refractivity contribution in [3.05, 3.63) is 0 Å². The van der Waals surface area contributed by atoms with Gasteiger partial charge in [0.1, 0.15) is 73.2 Å². The van der Waals surface area contributed by atoms with E-state index in [-0.39, 0.29) is 0 Å². The Morgan fingerprint density at radius 1 is 0.784 bits per heavy atom. The van der Waals surface area contributed by atoms with Gasteiger partial charge >= 0.3 is 0 Å². The molecule has 216 valence electrons. The van der Waals surface area contributed by atoms with Gasteiger partial charge in [0.2, 0.25) is 5.91 Å². The van der Waals surface area contributed by atoms with Crippen molar-refractivity contribution in [2.45, 2.75) is 99.0 Å². The Hall–Kier alpha value is -1.13. The summed E-state index contributed by atoms with van der Waals surface area (Å²) in [6.07, 6.45) is -23.2. The largest absolute Gasteiger partial charge is 0.394 e. The van der Waals surface area contributed by atoms with Gasteiger partial charge in [0, 0.05) is 6.92 Å². The van der Waals surface area contributed by atoms with Crippen LogP contribution in [0.1, 0.15) is 6.92 Å². The number of aliphatic hydroxyl groups is 10. The quantitative estimate of drug-likeness (QED) is 0.128. The molecule has 37 heavy (non-hydrogen) atoms. The normalized spacial score (nSPS) is 47.5. The first kappa shape index (κ1) is 30.4. The molecule has 0 aromatic carbocycles. The van der Waals surface area contributed by atoms with Gasteiger partial charge in [-0.3, -0.25) is 4.79 Å². The van der Waals surface area contributed by atoms with Gasteiger partial charge in [-0.2, -0.15) is 0 Å². The van der Waals surface area contributed by atoms with E-state index in [0.717, 1.165) is 6.92 Å². The second kappa shape index (κ2) is 12.8. The first-order valence-electron chi connectivity index (χ1n) is 11.6.